The SMILES string of the molecule is CC(C)[C@H](CO)N1CCOC1=O. The molecule has 0 bridgehead atoms. The van der Waals surface area contributed by atoms with E-state index in [1.54, 1.807) is 4.90 Å². The second kappa shape index (κ2) is 3.76. The van der Waals surface area contributed by atoms with E-state index in [1.807, 2.05) is 13.8 Å². The van der Waals surface area contributed by atoms with E-state index in [-0.39, 0.29) is 24.7 Å². The smallest absolute Gasteiger partial charge is 0.410 e. The largest absolute Gasteiger partial charge is 0.448 e. The van der Waals surface area contributed by atoms with E-state index < -0.39 is 0 Å². The number of aliphatic hydroxyl groups is 1. The van der Waals surface area contributed by atoms with Gasteiger partial charge in [-0.15, -0.1) is 0 Å². The van der Waals surface area contributed by atoms with Crippen molar-refractivity contribution >= 4 is 6.09 Å². The molecule has 1 aliphatic heterocycles. The van der Waals surface area contributed by atoms with Crippen molar-refractivity contribution in [1.82, 2.24) is 4.90 Å². The van der Waals surface area contributed by atoms with Crippen molar-refractivity contribution in [2.45, 2.75) is 19.9 Å². The molecule has 1 saturated heterocycles. The number of hydrogen-bond donors (Lipinski definition) is 1. The van der Waals surface area contributed by atoms with Crippen molar-refractivity contribution < 1.29 is 14.6 Å². The first-order valence-electron chi connectivity index (χ1n) is 4.21. The van der Waals surface area contributed by atoms with E-state index in [2.05, 4.69) is 0 Å². The Balaban J connectivity index is 2.58. The molecular weight excluding hydrogens is 158 g/mol. The van der Waals surface area contributed by atoms with Crippen molar-refractivity contribution in [1.29, 1.82) is 0 Å². The molecule has 12 heavy (non-hydrogen) atoms. The fourth-order valence-corrected chi connectivity index (χ4v) is 1.38. The van der Waals surface area contributed by atoms with Gasteiger partial charge in [0.1, 0.15) is 6.61 Å². The van der Waals surface area contributed by atoms with E-state index in [0.29, 0.717) is 13.2 Å². The minimum absolute atomic E-state index is 0.00671. The molecule has 0 aliphatic carbocycles. The minimum atomic E-state index is -0.303. The van der Waals surface area contributed by atoms with Gasteiger partial charge in [-0.3, -0.25) is 4.90 Å². The van der Waals surface area contributed by atoms with Crippen LogP contribution in [0, 0.1) is 5.92 Å². The summed E-state index contributed by atoms with van der Waals surface area (Å²) >= 11 is 0. The second-order valence-corrected chi connectivity index (χ2v) is 3.30. The van der Waals surface area contributed by atoms with Gasteiger partial charge in [0.2, 0.25) is 0 Å². The highest BCUT2D eigenvalue weighted by Gasteiger charge is 2.30. The van der Waals surface area contributed by atoms with Gasteiger partial charge < -0.3 is 9.84 Å². The van der Waals surface area contributed by atoms with Crippen molar-refractivity contribution in [3.63, 3.8) is 0 Å². The third kappa shape index (κ3) is 1.69. The molecule has 1 N–H and O–H groups in total. The summed E-state index contributed by atoms with van der Waals surface area (Å²) in [6.07, 6.45) is -0.303. The van der Waals surface area contributed by atoms with Gasteiger partial charge in [0.05, 0.1) is 19.2 Å². The predicted molar refractivity (Wildman–Crippen MR) is 43.8 cm³/mol. The van der Waals surface area contributed by atoms with Crippen LogP contribution in [0.1, 0.15) is 13.8 Å². The summed E-state index contributed by atoms with van der Waals surface area (Å²) < 4.78 is 4.77. The Morgan fingerprint density at radius 1 is 1.67 bits per heavy atom. The molecule has 1 atom stereocenters. The fraction of sp³-hybridized carbons (Fsp3) is 0.875. The number of ether oxygens (including phenoxy) is 1. The maximum Gasteiger partial charge on any atom is 0.410 e. The monoisotopic (exact) mass is 173 g/mol. The minimum Gasteiger partial charge on any atom is -0.448 e. The maximum absolute atomic E-state index is 11.1. The first-order chi connectivity index (χ1) is 5.66. The molecule has 4 heteroatoms. The summed E-state index contributed by atoms with van der Waals surface area (Å²) in [6, 6.07) is -0.0972. The summed E-state index contributed by atoms with van der Waals surface area (Å²) in [5.74, 6) is 0.264. The molecule has 1 aliphatic rings. The van der Waals surface area contributed by atoms with Crippen LogP contribution in [0.4, 0.5) is 4.79 Å². The Kier molecular flexibility index (Phi) is 2.92. The Bertz CT molecular complexity index is 170. The maximum atomic E-state index is 11.1. The Morgan fingerprint density at radius 2 is 2.33 bits per heavy atom. The lowest BCUT2D eigenvalue weighted by atomic mass is 10.0. The topological polar surface area (TPSA) is 49.8 Å². The van der Waals surface area contributed by atoms with E-state index in [0.717, 1.165) is 0 Å². The van der Waals surface area contributed by atoms with Crippen molar-refractivity contribution in [2.75, 3.05) is 19.8 Å². The molecule has 1 fully saturated rings. The van der Waals surface area contributed by atoms with E-state index in [9.17, 15) is 4.79 Å². The van der Waals surface area contributed by atoms with Gasteiger partial charge in [0.25, 0.3) is 0 Å². The molecule has 0 saturated carbocycles. The molecular formula is C8H15NO3. The number of amides is 1. The van der Waals surface area contributed by atoms with Gasteiger partial charge in [-0.25, -0.2) is 4.79 Å². The Morgan fingerprint density at radius 3 is 2.67 bits per heavy atom. The number of aliphatic hydroxyl groups excluding tert-OH is 1. The molecule has 70 valence electrons. The third-order valence-corrected chi connectivity index (χ3v) is 2.15. The number of cyclic esters (lactones) is 1. The van der Waals surface area contributed by atoms with Crippen LogP contribution < -0.4 is 0 Å². The number of carbonyl (C=O) groups is 1. The number of hydrogen-bond acceptors (Lipinski definition) is 3. The molecule has 0 radical (unpaired) electrons. The lowest BCUT2D eigenvalue weighted by molar-refractivity contribution is 0.107. The Hall–Kier alpha value is -0.770. The zero-order valence-corrected chi connectivity index (χ0v) is 7.49. The van der Waals surface area contributed by atoms with Crippen LogP contribution in [0.15, 0.2) is 0 Å². The standard InChI is InChI=1S/C8H15NO3/c1-6(2)7(5-10)9-3-4-12-8(9)11/h6-7,10H,3-5H2,1-2H3/t7-/m0/s1. The predicted octanol–water partition coefficient (Wildman–Crippen LogP) is 0.456. The van der Waals surface area contributed by atoms with Gasteiger partial charge in [-0.2, -0.15) is 0 Å². The van der Waals surface area contributed by atoms with Crippen molar-refractivity contribution in [2.24, 2.45) is 5.92 Å². The van der Waals surface area contributed by atoms with E-state index >= 15 is 0 Å². The second-order valence-electron chi connectivity index (χ2n) is 3.30. The lowest BCUT2D eigenvalue weighted by Crippen LogP contribution is -2.42. The van der Waals surface area contributed by atoms with Crippen LogP contribution in [0.5, 0.6) is 0 Å². The van der Waals surface area contributed by atoms with Crippen LogP contribution in [0.3, 0.4) is 0 Å². The van der Waals surface area contributed by atoms with Crippen molar-refractivity contribution in [3.05, 3.63) is 0 Å². The van der Waals surface area contributed by atoms with Gasteiger partial charge in [-0.05, 0) is 5.92 Å². The summed E-state index contributed by atoms with van der Waals surface area (Å²) in [4.78, 5) is 12.7. The van der Waals surface area contributed by atoms with Gasteiger partial charge in [0.15, 0.2) is 0 Å². The van der Waals surface area contributed by atoms with Crippen LogP contribution >= 0.6 is 0 Å². The highest BCUT2D eigenvalue weighted by atomic mass is 16.6. The summed E-state index contributed by atoms with van der Waals surface area (Å²) in [5, 5.41) is 9.03. The van der Waals surface area contributed by atoms with E-state index in [4.69, 9.17) is 9.84 Å². The van der Waals surface area contributed by atoms with Crippen molar-refractivity contribution in [3.8, 4) is 0 Å². The molecule has 0 spiro atoms. The number of nitrogens with zero attached hydrogens (tertiary/aromatic N) is 1. The zero-order chi connectivity index (χ0) is 9.14. The highest BCUT2D eigenvalue weighted by molar-refractivity contribution is 5.69. The molecule has 0 aromatic heterocycles. The first-order valence-corrected chi connectivity index (χ1v) is 4.21. The van der Waals surface area contributed by atoms with Gasteiger partial charge >= 0.3 is 6.09 Å². The van der Waals surface area contributed by atoms with E-state index in [1.165, 1.54) is 0 Å². The summed E-state index contributed by atoms with van der Waals surface area (Å²) in [5.41, 5.74) is 0. The number of rotatable bonds is 3. The molecule has 1 rings (SSSR count). The average molecular weight is 173 g/mol. The van der Waals surface area contributed by atoms with Gasteiger partial charge in [-0.1, -0.05) is 13.8 Å². The fourth-order valence-electron chi connectivity index (χ4n) is 1.38. The van der Waals surface area contributed by atoms with Crippen LogP contribution in [0.25, 0.3) is 0 Å². The van der Waals surface area contributed by atoms with Crippen LogP contribution in [-0.4, -0.2) is 41.9 Å². The Labute approximate surface area is 72.1 Å². The summed E-state index contributed by atoms with van der Waals surface area (Å²) in [7, 11) is 0. The number of carbonyl (C=O) groups excluding carboxylic acids is 1. The molecule has 1 heterocycles. The average Bonchev–Trinajstić information content (AvgIpc) is 2.38. The molecule has 0 unspecified atom stereocenters. The van der Waals surface area contributed by atoms with Gasteiger partial charge in [0, 0.05) is 0 Å². The highest BCUT2D eigenvalue weighted by Crippen LogP contribution is 2.14. The van der Waals surface area contributed by atoms with Crippen LogP contribution in [-0.2, 0) is 4.74 Å². The van der Waals surface area contributed by atoms with Crippen LogP contribution in [0.2, 0.25) is 0 Å². The summed E-state index contributed by atoms with van der Waals surface area (Å²) in [6.45, 7) is 5.01. The lowest BCUT2D eigenvalue weighted by Gasteiger charge is -2.26. The molecule has 4 nitrogen and oxygen atoms in total. The normalized spacial score (nSPS) is 20.0. The zero-order valence-electron chi connectivity index (χ0n) is 7.49. The quantitative estimate of drug-likeness (QED) is 0.674. The first kappa shape index (κ1) is 9.32. The molecule has 0 aromatic rings. The molecule has 1 amide bonds. The third-order valence-electron chi connectivity index (χ3n) is 2.15. The molecule has 0 aromatic carbocycles.